The number of hydrogen-bond donors (Lipinski definition) is 4. The Labute approximate surface area is 291 Å². The van der Waals surface area contributed by atoms with Gasteiger partial charge in [-0.25, -0.2) is 9.97 Å². The van der Waals surface area contributed by atoms with E-state index in [4.69, 9.17) is 0 Å². The number of carbonyl (C=O) groups excluding carboxylic acids is 4. The Morgan fingerprint density at radius 1 is 0.420 bits per heavy atom. The van der Waals surface area contributed by atoms with Crippen molar-refractivity contribution in [1.82, 2.24) is 9.97 Å². The molecule has 10 heteroatoms. The van der Waals surface area contributed by atoms with Crippen molar-refractivity contribution in [1.29, 1.82) is 0 Å². The van der Waals surface area contributed by atoms with Crippen LogP contribution in [0, 0.1) is 10.8 Å². The molecule has 0 atom stereocenters. The lowest BCUT2D eigenvalue weighted by molar-refractivity contribution is -0.123. The zero-order chi connectivity index (χ0) is 36.1. The zero-order valence-electron chi connectivity index (χ0n) is 28.9. The molecule has 0 unspecified atom stereocenters. The molecule has 0 spiro atoms. The first kappa shape index (κ1) is 35.2. The molecule has 0 aliphatic rings. The van der Waals surface area contributed by atoms with Crippen LogP contribution in [0.25, 0.3) is 22.5 Å². The molecule has 0 saturated heterocycles. The number of benzene rings is 4. The summed E-state index contributed by atoms with van der Waals surface area (Å²) in [6, 6.07) is 28.1. The van der Waals surface area contributed by atoms with E-state index in [2.05, 4.69) is 31.2 Å². The van der Waals surface area contributed by atoms with Crippen molar-refractivity contribution in [2.45, 2.75) is 41.5 Å². The molecule has 5 aromatic rings. The average molecular weight is 669 g/mol. The molecule has 254 valence electrons. The molecule has 10 nitrogen and oxygen atoms in total. The second-order valence-corrected chi connectivity index (χ2v) is 13.9. The van der Waals surface area contributed by atoms with Crippen molar-refractivity contribution in [3.05, 3.63) is 121 Å². The van der Waals surface area contributed by atoms with Crippen molar-refractivity contribution in [2.75, 3.05) is 21.3 Å². The maximum atomic E-state index is 12.8. The zero-order valence-corrected chi connectivity index (χ0v) is 28.9. The quantitative estimate of drug-likeness (QED) is 0.131. The van der Waals surface area contributed by atoms with Gasteiger partial charge in [0.15, 0.2) is 5.82 Å². The Kier molecular flexibility index (Phi) is 10.2. The molecule has 4 N–H and O–H groups in total. The number of aromatic nitrogens is 2. The van der Waals surface area contributed by atoms with Crippen molar-refractivity contribution in [3.8, 4) is 22.5 Å². The molecule has 0 aliphatic heterocycles. The van der Waals surface area contributed by atoms with Gasteiger partial charge in [0.05, 0.1) is 0 Å². The molecule has 0 bridgehead atoms. The monoisotopic (exact) mass is 668 g/mol. The second-order valence-electron chi connectivity index (χ2n) is 13.9. The molecule has 4 amide bonds. The summed E-state index contributed by atoms with van der Waals surface area (Å²) in [6.45, 7) is 11.0. The van der Waals surface area contributed by atoms with Gasteiger partial charge in [0, 0.05) is 68.2 Å². The van der Waals surface area contributed by atoms with Crippen LogP contribution in [0.3, 0.4) is 0 Å². The summed E-state index contributed by atoms with van der Waals surface area (Å²) >= 11 is 0. The number of rotatable bonds is 8. The van der Waals surface area contributed by atoms with E-state index in [-0.39, 0.29) is 23.6 Å². The summed E-state index contributed by atoms with van der Waals surface area (Å²) < 4.78 is 0. The van der Waals surface area contributed by atoms with Crippen LogP contribution >= 0.6 is 0 Å². The summed E-state index contributed by atoms with van der Waals surface area (Å²) in [4.78, 5) is 59.1. The molecule has 1 aromatic heterocycles. The Balaban J connectivity index is 1.14. The van der Waals surface area contributed by atoms with Crippen LogP contribution < -0.4 is 21.3 Å². The first-order valence-corrected chi connectivity index (χ1v) is 16.1. The second kappa shape index (κ2) is 14.5. The van der Waals surface area contributed by atoms with E-state index in [1.165, 1.54) is 0 Å². The molecule has 4 aromatic carbocycles. The highest BCUT2D eigenvalue weighted by Crippen LogP contribution is 2.25. The van der Waals surface area contributed by atoms with Gasteiger partial charge in [-0.2, -0.15) is 0 Å². The highest BCUT2D eigenvalue weighted by molar-refractivity contribution is 6.05. The molecule has 1 heterocycles. The first-order valence-electron chi connectivity index (χ1n) is 16.1. The molecule has 0 fully saturated rings. The van der Waals surface area contributed by atoms with Gasteiger partial charge >= 0.3 is 0 Å². The van der Waals surface area contributed by atoms with Gasteiger partial charge in [0.25, 0.3) is 11.8 Å². The van der Waals surface area contributed by atoms with Gasteiger partial charge in [-0.3, -0.25) is 19.2 Å². The van der Waals surface area contributed by atoms with Gasteiger partial charge in [0.2, 0.25) is 11.8 Å². The minimum absolute atomic E-state index is 0.100. The summed E-state index contributed by atoms with van der Waals surface area (Å²) in [7, 11) is 0. The number of nitrogens with one attached hydrogen (secondary N) is 4. The normalized spacial score (nSPS) is 11.3. The lowest BCUT2D eigenvalue weighted by Gasteiger charge is -2.17. The fraction of sp³-hybridized carbons (Fsp3) is 0.200. The van der Waals surface area contributed by atoms with Gasteiger partial charge in [-0.05, 0) is 90.5 Å². The standard InChI is InChI=1S/C40H40N6O4/c1-39(2,3)37(49)45-32-19-11-27(12-20-32)35(47)43-30-15-7-25(8-16-30)29-23-41-34(42-24-29)26-9-17-31(18-10-26)44-36(48)28-13-21-33(22-14-28)46-38(50)40(4,5)6/h7-24H,1-6H3,(H,43,47)(H,44,48)(H,45,49)(H,46,50). The minimum atomic E-state index is -0.518. The smallest absolute Gasteiger partial charge is 0.255 e. The highest BCUT2D eigenvalue weighted by Gasteiger charge is 2.22. The average Bonchev–Trinajstić information content (AvgIpc) is 3.09. The topological polar surface area (TPSA) is 142 Å². The van der Waals surface area contributed by atoms with E-state index in [0.717, 1.165) is 16.7 Å². The fourth-order valence-electron chi connectivity index (χ4n) is 4.53. The summed E-state index contributed by atoms with van der Waals surface area (Å²) in [5.74, 6) is -0.198. The van der Waals surface area contributed by atoms with Gasteiger partial charge in [0.1, 0.15) is 0 Å². The van der Waals surface area contributed by atoms with E-state index in [9.17, 15) is 19.2 Å². The molecule has 5 rings (SSSR count). The molecule has 0 radical (unpaired) electrons. The number of nitrogens with zero attached hydrogens (tertiary/aromatic N) is 2. The lowest BCUT2D eigenvalue weighted by atomic mass is 9.95. The summed E-state index contributed by atoms with van der Waals surface area (Å²) in [5.41, 5.74) is 4.89. The Bertz CT molecular complexity index is 1840. The fourth-order valence-corrected chi connectivity index (χ4v) is 4.53. The number of hydrogen-bond acceptors (Lipinski definition) is 6. The van der Waals surface area contributed by atoms with Crippen LogP contribution in [0.15, 0.2) is 109 Å². The maximum absolute atomic E-state index is 12.8. The predicted molar refractivity (Wildman–Crippen MR) is 198 cm³/mol. The van der Waals surface area contributed by atoms with Crippen molar-refractivity contribution in [2.24, 2.45) is 10.8 Å². The van der Waals surface area contributed by atoms with E-state index in [0.29, 0.717) is 39.7 Å². The molecular weight excluding hydrogens is 628 g/mol. The third-order valence-corrected chi connectivity index (χ3v) is 7.70. The largest absolute Gasteiger partial charge is 0.326 e. The van der Waals surface area contributed by atoms with E-state index in [1.807, 2.05) is 77.9 Å². The van der Waals surface area contributed by atoms with Gasteiger partial charge < -0.3 is 21.3 Å². The van der Waals surface area contributed by atoms with Crippen LogP contribution in [0.1, 0.15) is 62.3 Å². The molecular formula is C40H40N6O4. The van der Waals surface area contributed by atoms with Crippen LogP contribution in [0.4, 0.5) is 22.7 Å². The van der Waals surface area contributed by atoms with Crippen LogP contribution in [-0.2, 0) is 9.59 Å². The van der Waals surface area contributed by atoms with Crippen molar-refractivity contribution >= 4 is 46.4 Å². The Morgan fingerprint density at radius 3 is 1.10 bits per heavy atom. The van der Waals surface area contributed by atoms with E-state index in [1.54, 1.807) is 73.1 Å². The maximum Gasteiger partial charge on any atom is 0.255 e. The Morgan fingerprint density at radius 2 is 0.740 bits per heavy atom. The SMILES string of the molecule is CC(C)(C)C(=O)Nc1ccc(C(=O)Nc2ccc(-c3cnc(-c4ccc(NC(=O)c5ccc(NC(=O)C(C)(C)C)cc5)cc4)nc3)cc2)cc1. The van der Waals surface area contributed by atoms with E-state index >= 15 is 0 Å². The number of anilines is 4. The summed E-state index contributed by atoms with van der Waals surface area (Å²) in [6.07, 6.45) is 3.47. The van der Waals surface area contributed by atoms with Crippen molar-refractivity contribution in [3.63, 3.8) is 0 Å². The third kappa shape index (κ3) is 9.04. The number of amides is 4. The van der Waals surface area contributed by atoms with Crippen LogP contribution in [0.2, 0.25) is 0 Å². The highest BCUT2D eigenvalue weighted by atomic mass is 16.2. The van der Waals surface area contributed by atoms with E-state index < -0.39 is 10.8 Å². The first-order chi connectivity index (χ1) is 23.7. The lowest BCUT2D eigenvalue weighted by Crippen LogP contribution is -2.27. The number of carbonyl (C=O) groups is 4. The molecule has 50 heavy (non-hydrogen) atoms. The Hall–Kier alpha value is -6.16. The van der Waals surface area contributed by atoms with Crippen LogP contribution in [-0.4, -0.2) is 33.6 Å². The molecule has 0 saturated carbocycles. The third-order valence-electron chi connectivity index (χ3n) is 7.70. The molecule has 0 aliphatic carbocycles. The predicted octanol–water partition coefficient (Wildman–Crippen LogP) is 8.28. The minimum Gasteiger partial charge on any atom is -0.326 e. The van der Waals surface area contributed by atoms with Gasteiger partial charge in [-0.1, -0.05) is 53.7 Å². The van der Waals surface area contributed by atoms with Crippen molar-refractivity contribution < 1.29 is 19.2 Å². The summed E-state index contributed by atoms with van der Waals surface area (Å²) in [5, 5.41) is 11.5. The van der Waals surface area contributed by atoms with Gasteiger partial charge in [-0.15, -0.1) is 0 Å². The van der Waals surface area contributed by atoms with Crippen LogP contribution in [0.5, 0.6) is 0 Å².